The summed E-state index contributed by atoms with van der Waals surface area (Å²) in [6, 6.07) is 3.52. The van der Waals surface area contributed by atoms with Crippen molar-refractivity contribution in [2.45, 2.75) is 50.8 Å². The molecule has 3 atom stereocenters. The Balaban J connectivity index is 1.74. The predicted octanol–water partition coefficient (Wildman–Crippen LogP) is 2.87. The molecule has 5 nitrogen and oxygen atoms in total. The standard InChI is InChI=1S/C17H25NO4S/c1-12-5-7-15-13(10-12)4-3-9-18(15)17(19)16-8-6-14(22-16)11-23(2,20)21/h6,8,12-13,15H,3-5,7,9-11H2,1-2H3/t12-,13+,15-/m1/s1. The molecule has 1 amide bonds. The summed E-state index contributed by atoms with van der Waals surface area (Å²) in [7, 11) is -3.16. The molecule has 2 fully saturated rings. The highest BCUT2D eigenvalue weighted by atomic mass is 32.2. The van der Waals surface area contributed by atoms with Gasteiger partial charge in [-0.2, -0.15) is 0 Å². The van der Waals surface area contributed by atoms with Crippen molar-refractivity contribution in [2.24, 2.45) is 11.8 Å². The maximum absolute atomic E-state index is 12.8. The van der Waals surface area contributed by atoms with Gasteiger partial charge >= 0.3 is 0 Å². The number of hydrogen-bond donors (Lipinski definition) is 0. The number of rotatable bonds is 3. The van der Waals surface area contributed by atoms with Crippen molar-refractivity contribution in [1.29, 1.82) is 0 Å². The molecule has 1 aromatic heterocycles. The molecule has 1 aliphatic heterocycles. The zero-order chi connectivity index (χ0) is 16.6. The first-order chi connectivity index (χ1) is 10.8. The van der Waals surface area contributed by atoms with E-state index in [1.807, 2.05) is 4.90 Å². The van der Waals surface area contributed by atoms with Crippen LogP contribution >= 0.6 is 0 Å². The van der Waals surface area contributed by atoms with E-state index in [9.17, 15) is 13.2 Å². The first-order valence-corrected chi connectivity index (χ1v) is 10.5. The number of nitrogens with zero attached hydrogens (tertiary/aromatic N) is 1. The van der Waals surface area contributed by atoms with Gasteiger partial charge in [0.15, 0.2) is 15.6 Å². The van der Waals surface area contributed by atoms with Gasteiger partial charge in [-0.15, -0.1) is 0 Å². The van der Waals surface area contributed by atoms with Crippen molar-refractivity contribution < 1.29 is 17.6 Å². The SMILES string of the molecule is C[C@@H]1CC[C@@H]2[C@@H](CCCN2C(=O)c2ccc(CS(C)(=O)=O)o2)C1. The van der Waals surface area contributed by atoms with E-state index in [1.165, 1.54) is 19.3 Å². The Hall–Kier alpha value is -1.30. The zero-order valence-corrected chi connectivity index (χ0v) is 14.6. The molecule has 0 radical (unpaired) electrons. The van der Waals surface area contributed by atoms with Gasteiger partial charge in [0.05, 0.1) is 0 Å². The summed E-state index contributed by atoms with van der Waals surface area (Å²) >= 11 is 0. The van der Waals surface area contributed by atoms with Gasteiger partial charge in [-0.1, -0.05) is 6.92 Å². The van der Waals surface area contributed by atoms with Gasteiger partial charge in [0.1, 0.15) is 11.5 Å². The fourth-order valence-corrected chi connectivity index (χ4v) is 4.79. The third-order valence-corrected chi connectivity index (χ3v) is 5.93. The second-order valence-corrected chi connectivity index (χ2v) is 9.36. The molecule has 3 rings (SSSR count). The number of fused-ring (bicyclic) bond motifs is 1. The number of carbonyl (C=O) groups excluding carboxylic acids is 1. The van der Waals surface area contributed by atoms with Crippen LogP contribution in [0.25, 0.3) is 0 Å². The molecule has 0 bridgehead atoms. The third-order valence-electron chi connectivity index (χ3n) is 5.12. The second kappa shape index (κ2) is 6.30. The number of amides is 1. The van der Waals surface area contributed by atoms with E-state index >= 15 is 0 Å². The lowest BCUT2D eigenvalue weighted by Gasteiger charge is -2.45. The summed E-state index contributed by atoms with van der Waals surface area (Å²) in [5.74, 6) is 1.70. The second-order valence-electron chi connectivity index (χ2n) is 7.22. The van der Waals surface area contributed by atoms with Crippen LogP contribution < -0.4 is 0 Å². The molecular formula is C17H25NO4S. The van der Waals surface area contributed by atoms with E-state index in [-0.39, 0.29) is 17.4 Å². The van der Waals surface area contributed by atoms with Crippen LogP contribution in [0.1, 0.15) is 55.3 Å². The van der Waals surface area contributed by atoms with Crippen LogP contribution in [0.3, 0.4) is 0 Å². The van der Waals surface area contributed by atoms with Crippen LogP contribution in [0.5, 0.6) is 0 Å². The Labute approximate surface area is 138 Å². The van der Waals surface area contributed by atoms with Gasteiger partial charge in [0, 0.05) is 18.8 Å². The number of carbonyl (C=O) groups is 1. The summed E-state index contributed by atoms with van der Waals surface area (Å²) < 4.78 is 28.2. The van der Waals surface area contributed by atoms with Crippen molar-refractivity contribution in [3.63, 3.8) is 0 Å². The highest BCUT2D eigenvalue weighted by Gasteiger charge is 2.38. The lowest BCUT2D eigenvalue weighted by molar-refractivity contribution is 0.0295. The minimum absolute atomic E-state index is 0.0889. The summed E-state index contributed by atoms with van der Waals surface area (Å²) in [6.07, 6.45) is 6.84. The largest absolute Gasteiger partial charge is 0.455 e. The van der Waals surface area contributed by atoms with Crippen LogP contribution in [-0.4, -0.2) is 38.1 Å². The van der Waals surface area contributed by atoms with Gasteiger partial charge < -0.3 is 9.32 Å². The van der Waals surface area contributed by atoms with Crippen LogP contribution in [-0.2, 0) is 15.6 Å². The molecule has 6 heteroatoms. The van der Waals surface area contributed by atoms with Gasteiger partial charge in [0.2, 0.25) is 0 Å². The summed E-state index contributed by atoms with van der Waals surface area (Å²) in [4.78, 5) is 14.8. The van der Waals surface area contributed by atoms with Gasteiger partial charge in [-0.05, 0) is 56.1 Å². The quantitative estimate of drug-likeness (QED) is 0.849. The molecule has 0 spiro atoms. The molecule has 0 unspecified atom stereocenters. The molecule has 128 valence electrons. The Morgan fingerprint density at radius 1 is 1.30 bits per heavy atom. The normalized spacial score (nSPS) is 28.4. The lowest BCUT2D eigenvalue weighted by Crippen LogP contribution is -2.50. The van der Waals surface area contributed by atoms with Gasteiger partial charge in [-0.25, -0.2) is 8.42 Å². The molecule has 0 N–H and O–H groups in total. The Bertz CT molecular complexity index is 679. The van der Waals surface area contributed by atoms with Crippen molar-refractivity contribution in [3.05, 3.63) is 23.7 Å². The van der Waals surface area contributed by atoms with Crippen molar-refractivity contribution >= 4 is 15.7 Å². The number of piperidine rings is 1. The minimum Gasteiger partial charge on any atom is -0.455 e. The minimum atomic E-state index is -3.16. The van der Waals surface area contributed by atoms with Crippen molar-refractivity contribution in [2.75, 3.05) is 12.8 Å². The first kappa shape index (κ1) is 16.6. The van der Waals surface area contributed by atoms with E-state index in [0.717, 1.165) is 31.6 Å². The number of likely N-dealkylation sites (tertiary alicyclic amines) is 1. The van der Waals surface area contributed by atoms with Crippen LogP contribution in [0.15, 0.2) is 16.5 Å². The highest BCUT2D eigenvalue weighted by Crippen LogP contribution is 2.38. The zero-order valence-electron chi connectivity index (χ0n) is 13.8. The van der Waals surface area contributed by atoms with Crippen LogP contribution in [0.2, 0.25) is 0 Å². The Kier molecular flexibility index (Phi) is 4.54. The fourth-order valence-electron chi connectivity index (χ4n) is 4.12. The van der Waals surface area contributed by atoms with Crippen LogP contribution in [0, 0.1) is 11.8 Å². The number of hydrogen-bond acceptors (Lipinski definition) is 4. The number of furan rings is 1. The molecule has 2 aliphatic rings. The van der Waals surface area contributed by atoms with Gasteiger partial charge in [0.25, 0.3) is 5.91 Å². The first-order valence-electron chi connectivity index (χ1n) is 8.41. The average molecular weight is 339 g/mol. The summed E-state index contributed by atoms with van der Waals surface area (Å²) in [5, 5.41) is 0. The molecule has 23 heavy (non-hydrogen) atoms. The maximum Gasteiger partial charge on any atom is 0.289 e. The molecule has 2 heterocycles. The molecule has 1 saturated carbocycles. The van der Waals surface area contributed by atoms with Gasteiger partial charge in [-0.3, -0.25) is 4.79 Å². The highest BCUT2D eigenvalue weighted by molar-refractivity contribution is 7.89. The number of sulfone groups is 1. The summed E-state index contributed by atoms with van der Waals surface area (Å²) in [6.45, 7) is 3.07. The van der Waals surface area contributed by atoms with Crippen LogP contribution in [0.4, 0.5) is 0 Å². The molecule has 1 aliphatic carbocycles. The van der Waals surface area contributed by atoms with E-state index in [1.54, 1.807) is 12.1 Å². The lowest BCUT2D eigenvalue weighted by atomic mass is 9.74. The Morgan fingerprint density at radius 2 is 2.09 bits per heavy atom. The molecule has 1 aromatic rings. The Morgan fingerprint density at radius 3 is 2.83 bits per heavy atom. The maximum atomic E-state index is 12.8. The molecule has 1 saturated heterocycles. The topological polar surface area (TPSA) is 67.6 Å². The fraction of sp³-hybridized carbons (Fsp3) is 0.706. The smallest absolute Gasteiger partial charge is 0.289 e. The summed E-state index contributed by atoms with van der Waals surface area (Å²) in [5.41, 5.74) is 0. The van der Waals surface area contributed by atoms with E-state index < -0.39 is 9.84 Å². The average Bonchev–Trinajstić information content (AvgIpc) is 2.91. The van der Waals surface area contributed by atoms with E-state index in [4.69, 9.17) is 4.42 Å². The molecular weight excluding hydrogens is 314 g/mol. The van der Waals surface area contributed by atoms with Crippen molar-refractivity contribution in [3.8, 4) is 0 Å². The van der Waals surface area contributed by atoms with Crippen molar-refractivity contribution in [1.82, 2.24) is 4.90 Å². The predicted molar refractivity (Wildman–Crippen MR) is 87.8 cm³/mol. The monoisotopic (exact) mass is 339 g/mol. The van der Waals surface area contributed by atoms with E-state index in [0.29, 0.717) is 17.7 Å². The third kappa shape index (κ3) is 3.79. The van der Waals surface area contributed by atoms with E-state index in [2.05, 4.69) is 6.92 Å². The molecule has 0 aromatic carbocycles.